The summed E-state index contributed by atoms with van der Waals surface area (Å²) in [5, 5.41) is 19.8. The van der Waals surface area contributed by atoms with Gasteiger partial charge in [0.15, 0.2) is 0 Å². The van der Waals surface area contributed by atoms with Crippen molar-refractivity contribution >= 4 is 29.6 Å². The lowest BCUT2D eigenvalue weighted by atomic mass is 9.81. The van der Waals surface area contributed by atoms with Crippen molar-refractivity contribution in [2.75, 3.05) is 20.2 Å². The summed E-state index contributed by atoms with van der Waals surface area (Å²) in [5.41, 5.74) is 0.480. The number of ether oxygens (including phenoxy) is 2. The number of carbonyl (C=O) groups excluding carboxylic acids is 5. The van der Waals surface area contributed by atoms with Crippen molar-refractivity contribution in [1.29, 1.82) is 0 Å². The van der Waals surface area contributed by atoms with Gasteiger partial charge in [-0.1, -0.05) is 46.8 Å². The quantitative estimate of drug-likeness (QED) is 0.345. The Morgan fingerprint density at radius 1 is 0.902 bits per heavy atom. The Morgan fingerprint density at radius 2 is 1.59 bits per heavy atom. The van der Waals surface area contributed by atoms with Crippen LogP contribution in [0.15, 0.2) is 24.3 Å². The molecular formula is C39H60N4O8. The highest BCUT2D eigenvalue weighted by Gasteiger charge is 2.41. The van der Waals surface area contributed by atoms with Crippen LogP contribution in [0.4, 0.5) is 0 Å². The SMILES string of the molecule is COc1ccc(C[C@@H]2NC(=O)CCCNC(=O)[C@H](C)[C@@H](O)C[C@H](C)C[C@@H](C(C)(C)C)OC(=O)[C@@H]3CCCN3C(=O)C3CCC(CC3)NC2=O)cc1. The summed E-state index contributed by atoms with van der Waals surface area (Å²) in [6.07, 6.45) is 3.93. The van der Waals surface area contributed by atoms with E-state index in [0.717, 1.165) is 12.0 Å². The summed E-state index contributed by atoms with van der Waals surface area (Å²) in [6.45, 7) is 10.4. The van der Waals surface area contributed by atoms with Crippen LogP contribution in [0.5, 0.6) is 5.75 Å². The molecule has 0 radical (unpaired) electrons. The van der Waals surface area contributed by atoms with E-state index < -0.39 is 36.2 Å². The largest absolute Gasteiger partial charge is 0.497 e. The smallest absolute Gasteiger partial charge is 0.329 e. The Morgan fingerprint density at radius 3 is 2.24 bits per heavy atom. The first kappa shape index (κ1) is 40.1. The van der Waals surface area contributed by atoms with Crippen molar-refractivity contribution in [3.8, 4) is 5.75 Å². The highest BCUT2D eigenvalue weighted by atomic mass is 16.5. The lowest BCUT2D eigenvalue weighted by molar-refractivity contribution is -0.165. The van der Waals surface area contributed by atoms with Crippen LogP contribution in [0.25, 0.3) is 0 Å². The number of carbonyl (C=O) groups is 5. The van der Waals surface area contributed by atoms with Crippen molar-refractivity contribution in [1.82, 2.24) is 20.9 Å². The number of aliphatic hydroxyl groups is 1. The Labute approximate surface area is 303 Å². The molecule has 0 aromatic heterocycles. The molecule has 4 amide bonds. The molecule has 4 fully saturated rings. The molecule has 6 atom stereocenters. The molecule has 1 aromatic rings. The number of methoxy groups -OCH3 is 1. The zero-order valence-electron chi connectivity index (χ0n) is 31.4. The van der Waals surface area contributed by atoms with Gasteiger partial charge in [-0.2, -0.15) is 0 Å². The molecule has 12 heteroatoms. The fraction of sp³-hybridized carbons (Fsp3) is 0.718. The molecule has 12 nitrogen and oxygen atoms in total. The highest BCUT2D eigenvalue weighted by Crippen LogP contribution is 2.33. The molecule has 1 aliphatic carbocycles. The minimum Gasteiger partial charge on any atom is -0.497 e. The maximum atomic E-state index is 13.8. The van der Waals surface area contributed by atoms with Crippen molar-refractivity contribution < 1.29 is 38.6 Å². The second-order valence-corrected chi connectivity index (χ2v) is 16.0. The molecule has 51 heavy (non-hydrogen) atoms. The van der Waals surface area contributed by atoms with E-state index in [1.54, 1.807) is 18.9 Å². The van der Waals surface area contributed by atoms with Gasteiger partial charge in [0.05, 0.1) is 19.1 Å². The van der Waals surface area contributed by atoms with Gasteiger partial charge < -0.3 is 35.4 Å². The maximum Gasteiger partial charge on any atom is 0.329 e. The number of fused-ring (bicyclic) bond motifs is 19. The normalized spacial score (nSPS) is 31.4. The van der Waals surface area contributed by atoms with E-state index in [4.69, 9.17) is 9.47 Å². The Kier molecular flexibility index (Phi) is 14.3. The number of amides is 4. The van der Waals surface area contributed by atoms with Crippen LogP contribution in [-0.2, 0) is 35.1 Å². The summed E-state index contributed by atoms with van der Waals surface area (Å²) < 4.78 is 11.4. The number of hydrogen-bond acceptors (Lipinski definition) is 8. The topological polar surface area (TPSA) is 163 Å². The van der Waals surface area contributed by atoms with Gasteiger partial charge in [-0.25, -0.2) is 4.79 Å². The molecule has 3 heterocycles. The van der Waals surface area contributed by atoms with E-state index in [0.29, 0.717) is 63.7 Å². The van der Waals surface area contributed by atoms with Crippen molar-refractivity contribution in [3.63, 3.8) is 0 Å². The zero-order valence-corrected chi connectivity index (χ0v) is 31.4. The predicted octanol–water partition coefficient (Wildman–Crippen LogP) is 3.67. The summed E-state index contributed by atoms with van der Waals surface area (Å²) >= 11 is 0. The number of aliphatic hydroxyl groups excluding tert-OH is 1. The van der Waals surface area contributed by atoms with E-state index in [1.165, 1.54) is 0 Å². The molecule has 3 saturated heterocycles. The first-order chi connectivity index (χ1) is 24.2. The molecule has 2 bridgehead atoms. The number of rotatable bonds is 3. The standard InChI is InChI=1S/C39H60N4O8/c1-24-21-32(44)25(2)35(46)40-19-7-10-34(45)42-30(23-26-11-17-29(50-6)18-12-26)36(47)41-28-15-13-27(14-16-28)37(48)43-20-8-9-31(43)38(49)51-33(22-24)39(3,4)5/h11-12,17-18,24-25,27-28,30-33,44H,7-10,13-16,19-23H2,1-6H3,(H,40,46)(H,41,47)(H,42,45)/t24-,25+,27?,28?,30-,31-,32-,33-/m0/s1. The van der Waals surface area contributed by atoms with E-state index in [-0.39, 0.29) is 66.3 Å². The molecule has 0 unspecified atom stereocenters. The third kappa shape index (κ3) is 11.4. The van der Waals surface area contributed by atoms with Crippen LogP contribution in [0.2, 0.25) is 0 Å². The highest BCUT2D eigenvalue weighted by molar-refractivity contribution is 5.88. The average Bonchev–Trinajstić information content (AvgIpc) is 3.59. The molecule has 4 N–H and O–H groups in total. The lowest BCUT2D eigenvalue weighted by Gasteiger charge is -2.36. The first-order valence-corrected chi connectivity index (χ1v) is 18.9. The van der Waals surface area contributed by atoms with Crippen LogP contribution < -0.4 is 20.7 Å². The number of nitrogens with zero attached hydrogens (tertiary/aromatic N) is 1. The molecule has 1 saturated carbocycles. The summed E-state index contributed by atoms with van der Waals surface area (Å²) in [7, 11) is 1.58. The Bertz CT molecular complexity index is 1350. The minimum atomic E-state index is -0.912. The van der Waals surface area contributed by atoms with Crippen molar-refractivity contribution in [2.45, 2.75) is 136 Å². The van der Waals surface area contributed by atoms with Crippen LogP contribution in [-0.4, -0.2) is 90.1 Å². The molecule has 5 rings (SSSR count). The zero-order chi connectivity index (χ0) is 37.3. The van der Waals surface area contributed by atoms with Gasteiger partial charge >= 0.3 is 5.97 Å². The number of esters is 1. The fourth-order valence-electron chi connectivity index (χ4n) is 7.44. The van der Waals surface area contributed by atoms with Gasteiger partial charge in [0, 0.05) is 37.9 Å². The fourth-order valence-corrected chi connectivity index (χ4v) is 7.44. The van der Waals surface area contributed by atoms with Gasteiger partial charge in [0.2, 0.25) is 23.6 Å². The second-order valence-electron chi connectivity index (χ2n) is 16.0. The monoisotopic (exact) mass is 712 g/mol. The molecule has 0 spiro atoms. The molecule has 4 aliphatic rings. The number of hydrogen-bond donors (Lipinski definition) is 4. The molecule has 3 aliphatic heterocycles. The molecular weight excluding hydrogens is 652 g/mol. The Balaban J connectivity index is 1.51. The van der Waals surface area contributed by atoms with Gasteiger partial charge in [-0.15, -0.1) is 0 Å². The lowest BCUT2D eigenvalue weighted by Crippen LogP contribution is -2.52. The number of benzene rings is 1. The first-order valence-electron chi connectivity index (χ1n) is 18.9. The predicted molar refractivity (Wildman–Crippen MR) is 192 cm³/mol. The second kappa shape index (κ2) is 18.2. The third-order valence-corrected chi connectivity index (χ3v) is 10.8. The van der Waals surface area contributed by atoms with E-state index >= 15 is 0 Å². The van der Waals surface area contributed by atoms with Crippen LogP contribution in [0, 0.1) is 23.2 Å². The van der Waals surface area contributed by atoms with Crippen LogP contribution >= 0.6 is 0 Å². The van der Waals surface area contributed by atoms with E-state index in [9.17, 15) is 29.1 Å². The van der Waals surface area contributed by atoms with Crippen LogP contribution in [0.1, 0.15) is 104 Å². The average molecular weight is 713 g/mol. The van der Waals surface area contributed by atoms with Crippen LogP contribution in [0.3, 0.4) is 0 Å². The van der Waals surface area contributed by atoms with Crippen molar-refractivity contribution in [3.05, 3.63) is 29.8 Å². The third-order valence-electron chi connectivity index (χ3n) is 10.8. The van der Waals surface area contributed by atoms with Gasteiger partial charge in [-0.3, -0.25) is 19.2 Å². The van der Waals surface area contributed by atoms with Gasteiger partial charge in [-0.05, 0) is 86.8 Å². The van der Waals surface area contributed by atoms with E-state index in [1.807, 2.05) is 52.0 Å². The Hall–Kier alpha value is -3.67. The van der Waals surface area contributed by atoms with E-state index in [2.05, 4.69) is 16.0 Å². The minimum absolute atomic E-state index is 0.0366. The summed E-state index contributed by atoms with van der Waals surface area (Å²) in [5.74, 6) is -1.62. The van der Waals surface area contributed by atoms with Gasteiger partial charge in [0.25, 0.3) is 0 Å². The molecule has 1 aromatic carbocycles. The maximum absolute atomic E-state index is 13.8. The molecule has 284 valence electrons. The van der Waals surface area contributed by atoms with Gasteiger partial charge in [0.1, 0.15) is 23.9 Å². The number of nitrogens with one attached hydrogen (secondary N) is 3. The summed E-state index contributed by atoms with van der Waals surface area (Å²) in [6, 6.07) is 5.74. The summed E-state index contributed by atoms with van der Waals surface area (Å²) in [4.78, 5) is 68.8. The van der Waals surface area contributed by atoms with Crippen molar-refractivity contribution in [2.24, 2.45) is 23.2 Å².